The van der Waals surface area contributed by atoms with Gasteiger partial charge in [-0.1, -0.05) is 34.4 Å². The minimum absolute atomic E-state index is 0.00811. The van der Waals surface area contributed by atoms with Crippen molar-refractivity contribution < 1.29 is 23.6 Å². The molecule has 7 nitrogen and oxygen atoms in total. The number of carboxylic acids is 1. The predicted octanol–water partition coefficient (Wildman–Crippen LogP) is 7.24. The lowest BCUT2D eigenvalue weighted by molar-refractivity contribution is -0.0197. The Morgan fingerprint density at radius 3 is 2.72 bits per heavy atom. The minimum Gasteiger partial charge on any atom is -0.477 e. The number of hydrogen-bond acceptors (Lipinski definition) is 5. The fourth-order valence-corrected chi connectivity index (χ4v) is 6.98. The summed E-state index contributed by atoms with van der Waals surface area (Å²) in [6.45, 7) is 0.169. The molecule has 1 aromatic carbocycles. The molecule has 39 heavy (non-hydrogen) atoms. The molecule has 7 rings (SSSR count). The number of alkyl halides is 1. The second-order valence-corrected chi connectivity index (χ2v) is 12.1. The molecule has 0 radical (unpaired) electrons. The van der Waals surface area contributed by atoms with E-state index in [1.807, 2.05) is 12.1 Å². The van der Waals surface area contributed by atoms with Crippen LogP contribution in [0.15, 0.2) is 47.2 Å². The van der Waals surface area contributed by atoms with Gasteiger partial charge in [0.25, 0.3) is 0 Å². The molecule has 1 N–H and O–H groups in total. The van der Waals surface area contributed by atoms with Crippen molar-refractivity contribution in [2.24, 2.45) is 5.92 Å². The van der Waals surface area contributed by atoms with Crippen LogP contribution in [0.2, 0.25) is 10.0 Å². The largest absolute Gasteiger partial charge is 0.477 e. The molecule has 3 aliphatic carbocycles. The van der Waals surface area contributed by atoms with Gasteiger partial charge in [-0.15, -0.1) is 0 Å². The van der Waals surface area contributed by atoms with Gasteiger partial charge in [-0.3, -0.25) is 4.40 Å². The van der Waals surface area contributed by atoms with Gasteiger partial charge in [-0.25, -0.2) is 14.2 Å². The third kappa shape index (κ3) is 4.24. The summed E-state index contributed by atoms with van der Waals surface area (Å²) in [6.07, 6.45) is 7.61. The smallest absolute Gasteiger partial charge is 0.354 e. The van der Waals surface area contributed by atoms with Crippen LogP contribution in [-0.2, 0) is 16.8 Å². The van der Waals surface area contributed by atoms with Crippen molar-refractivity contribution in [1.29, 1.82) is 0 Å². The monoisotopic (exact) mass is 569 g/mol. The van der Waals surface area contributed by atoms with Crippen LogP contribution >= 0.6 is 23.2 Å². The normalized spacial score (nSPS) is 26.1. The zero-order chi connectivity index (χ0) is 26.9. The van der Waals surface area contributed by atoms with E-state index in [9.17, 15) is 9.90 Å². The molecule has 3 heterocycles. The molecule has 0 amide bonds. The Morgan fingerprint density at radius 2 is 2.00 bits per heavy atom. The molecule has 4 aromatic rings. The van der Waals surface area contributed by atoms with Crippen molar-refractivity contribution >= 4 is 34.8 Å². The highest BCUT2D eigenvalue weighted by Gasteiger charge is 2.61. The van der Waals surface area contributed by atoms with Gasteiger partial charge in [0.1, 0.15) is 22.8 Å². The number of imidazole rings is 1. The van der Waals surface area contributed by atoms with Crippen molar-refractivity contribution in [2.45, 2.75) is 62.1 Å². The van der Waals surface area contributed by atoms with Crippen LogP contribution in [0.3, 0.4) is 0 Å². The number of carbonyl (C=O) groups is 1. The van der Waals surface area contributed by atoms with E-state index in [1.165, 1.54) is 6.20 Å². The maximum atomic E-state index is 16.0. The molecule has 10 heteroatoms. The maximum absolute atomic E-state index is 16.0. The Hall–Kier alpha value is -2.94. The van der Waals surface area contributed by atoms with Crippen LogP contribution < -0.4 is 0 Å². The lowest BCUT2D eigenvalue weighted by Gasteiger charge is -2.33. The van der Waals surface area contributed by atoms with Gasteiger partial charge in [0, 0.05) is 23.2 Å². The van der Waals surface area contributed by atoms with Gasteiger partial charge in [-0.05, 0) is 79.7 Å². The molecule has 3 atom stereocenters. The second kappa shape index (κ2) is 9.04. The first-order valence-corrected chi connectivity index (χ1v) is 13.9. The van der Waals surface area contributed by atoms with E-state index >= 15 is 4.39 Å². The fraction of sp³-hybridized carbons (Fsp3) is 0.414. The van der Waals surface area contributed by atoms with Crippen LogP contribution in [0.25, 0.3) is 16.9 Å². The minimum atomic E-state index is -1.42. The highest BCUT2D eigenvalue weighted by atomic mass is 35.5. The molecule has 3 aliphatic rings. The first-order valence-electron chi connectivity index (χ1n) is 13.2. The lowest BCUT2D eigenvalue weighted by Crippen LogP contribution is -2.36. The summed E-state index contributed by atoms with van der Waals surface area (Å²) >= 11 is 12.9. The van der Waals surface area contributed by atoms with Gasteiger partial charge in [0.2, 0.25) is 0 Å². The first-order chi connectivity index (χ1) is 18.8. The van der Waals surface area contributed by atoms with Crippen molar-refractivity contribution in [3.63, 3.8) is 0 Å². The number of hydrogen-bond donors (Lipinski definition) is 1. The quantitative estimate of drug-likeness (QED) is 0.240. The number of benzene rings is 1. The standard InChI is InChI=1S/C29H26Cl2FN3O4/c30-20-2-1-3-21(31)24(20)25-19(26(39-34-25)16-4-5-16)14-38-15-28(32)7-8-29(12-18(29)11-28)17-6-9-35-22(27(36)37)13-33-23(35)10-17/h1-3,6,9-10,13,16,18H,4-5,7-8,11-12,14-15H2,(H,36,37)/t18-,28?,29?/m0/s1. The van der Waals surface area contributed by atoms with Crippen molar-refractivity contribution in [3.8, 4) is 11.3 Å². The number of pyridine rings is 1. The molecule has 0 bridgehead atoms. The SMILES string of the molecule is O=C(O)c1cnc2cc(C34CCC(F)(COCc5c(-c6c(Cl)cccc6Cl)noc5C5CC5)C[C@H]3C4)ccn12. The lowest BCUT2D eigenvalue weighted by atomic mass is 9.77. The van der Waals surface area contributed by atoms with E-state index in [2.05, 4.69) is 10.1 Å². The second-order valence-electron chi connectivity index (χ2n) is 11.2. The molecule has 3 aromatic heterocycles. The van der Waals surface area contributed by atoms with Crippen molar-refractivity contribution in [2.75, 3.05) is 6.61 Å². The highest BCUT2D eigenvalue weighted by Crippen LogP contribution is 2.65. The number of aromatic carboxylic acids is 1. The zero-order valence-corrected chi connectivity index (χ0v) is 22.5. The van der Waals surface area contributed by atoms with Gasteiger partial charge in [0.05, 0.1) is 29.5 Å². The first kappa shape index (κ1) is 25.1. The van der Waals surface area contributed by atoms with Crippen molar-refractivity contribution in [1.82, 2.24) is 14.5 Å². The molecule has 0 aliphatic heterocycles. The molecule has 2 unspecified atom stereocenters. The van der Waals surface area contributed by atoms with E-state index < -0.39 is 11.6 Å². The topological polar surface area (TPSA) is 89.9 Å². The summed E-state index contributed by atoms with van der Waals surface area (Å²) in [5.41, 5.74) is 2.29. The molecule has 202 valence electrons. The number of nitrogens with zero attached hydrogens (tertiary/aromatic N) is 3. The Kier molecular flexibility index (Phi) is 5.81. The molecular formula is C29H26Cl2FN3O4. The zero-order valence-electron chi connectivity index (χ0n) is 21.0. The Balaban J connectivity index is 1.05. The number of ether oxygens (including phenoxy) is 1. The number of carboxylic acid groups (broad SMARTS) is 1. The van der Waals surface area contributed by atoms with Gasteiger partial charge < -0.3 is 14.4 Å². The molecular weight excluding hydrogens is 544 g/mol. The fourth-order valence-electron chi connectivity index (χ4n) is 6.41. The molecule has 0 saturated heterocycles. The van der Waals surface area contributed by atoms with Gasteiger partial charge in [0.15, 0.2) is 5.69 Å². The highest BCUT2D eigenvalue weighted by molar-refractivity contribution is 6.39. The summed E-state index contributed by atoms with van der Waals surface area (Å²) in [7, 11) is 0. The van der Waals surface area contributed by atoms with E-state index in [4.69, 9.17) is 32.5 Å². The Bertz CT molecular complexity index is 1600. The summed E-state index contributed by atoms with van der Waals surface area (Å²) in [6, 6.07) is 9.19. The molecule has 3 fully saturated rings. The maximum Gasteiger partial charge on any atom is 0.354 e. The predicted molar refractivity (Wildman–Crippen MR) is 143 cm³/mol. The summed E-state index contributed by atoms with van der Waals surface area (Å²) in [5.74, 6) is 0.270. The van der Waals surface area contributed by atoms with Crippen LogP contribution in [0, 0.1) is 5.92 Å². The number of fused-ring (bicyclic) bond motifs is 2. The Labute approximate surface area is 233 Å². The third-order valence-corrected chi connectivity index (χ3v) is 9.37. The van der Waals surface area contributed by atoms with Crippen LogP contribution in [0.4, 0.5) is 4.39 Å². The van der Waals surface area contributed by atoms with E-state index in [-0.39, 0.29) is 30.2 Å². The van der Waals surface area contributed by atoms with Crippen LogP contribution in [-0.4, -0.2) is 37.9 Å². The van der Waals surface area contributed by atoms with E-state index in [1.54, 1.807) is 28.8 Å². The van der Waals surface area contributed by atoms with Crippen LogP contribution in [0.5, 0.6) is 0 Å². The van der Waals surface area contributed by atoms with Crippen LogP contribution in [0.1, 0.15) is 71.8 Å². The third-order valence-electron chi connectivity index (χ3n) is 8.74. The Morgan fingerprint density at radius 1 is 1.21 bits per heavy atom. The number of halogens is 3. The average Bonchev–Trinajstić information content (AvgIpc) is 3.79. The average molecular weight is 570 g/mol. The van der Waals surface area contributed by atoms with E-state index in [0.717, 1.165) is 36.1 Å². The van der Waals surface area contributed by atoms with E-state index in [0.29, 0.717) is 52.1 Å². The molecule has 0 spiro atoms. The summed E-state index contributed by atoms with van der Waals surface area (Å²) in [4.78, 5) is 15.7. The summed E-state index contributed by atoms with van der Waals surface area (Å²) in [5, 5.41) is 14.6. The molecule has 3 saturated carbocycles. The van der Waals surface area contributed by atoms with Crippen molar-refractivity contribution in [3.05, 3.63) is 75.4 Å². The van der Waals surface area contributed by atoms with Gasteiger partial charge in [-0.2, -0.15) is 0 Å². The number of aromatic nitrogens is 3. The number of rotatable bonds is 8. The van der Waals surface area contributed by atoms with Gasteiger partial charge >= 0.3 is 5.97 Å². The summed E-state index contributed by atoms with van der Waals surface area (Å²) < 4.78 is 29.4.